The molecule has 0 spiro atoms. The number of aliphatic hydroxyl groups excluding tert-OH is 2. The van der Waals surface area contributed by atoms with Gasteiger partial charge in [-0.25, -0.2) is 4.79 Å². The zero-order chi connectivity index (χ0) is 18.1. The maximum Gasteiger partial charge on any atom is 0.490 e. The molecular formula is C12H23F3N2O5. The second kappa shape index (κ2) is 9.59. The van der Waals surface area contributed by atoms with E-state index in [4.69, 9.17) is 25.8 Å². The zero-order valence-corrected chi connectivity index (χ0v) is 12.6. The van der Waals surface area contributed by atoms with Crippen molar-refractivity contribution in [2.45, 2.75) is 44.9 Å². The Balaban J connectivity index is 0. The Morgan fingerprint density at radius 3 is 1.82 bits per heavy atom. The van der Waals surface area contributed by atoms with E-state index in [1.807, 2.05) is 13.8 Å². The van der Waals surface area contributed by atoms with Crippen LogP contribution in [0.2, 0.25) is 0 Å². The first-order valence-corrected chi connectivity index (χ1v) is 6.44. The fraction of sp³-hybridized carbons (Fsp3) is 0.833. The van der Waals surface area contributed by atoms with Gasteiger partial charge in [0, 0.05) is 0 Å². The van der Waals surface area contributed by atoms with Gasteiger partial charge in [0.15, 0.2) is 0 Å². The number of hydrogen-bond acceptors (Lipinski definition) is 5. The molecule has 2 atom stereocenters. The van der Waals surface area contributed by atoms with E-state index in [0.717, 1.165) is 6.42 Å². The third-order valence-electron chi connectivity index (χ3n) is 2.93. The van der Waals surface area contributed by atoms with Gasteiger partial charge in [-0.3, -0.25) is 4.79 Å². The fourth-order valence-electron chi connectivity index (χ4n) is 1.02. The van der Waals surface area contributed by atoms with Gasteiger partial charge in [0.05, 0.1) is 24.8 Å². The summed E-state index contributed by atoms with van der Waals surface area (Å²) in [5, 5.41) is 27.7. The largest absolute Gasteiger partial charge is 0.490 e. The Morgan fingerprint density at radius 1 is 1.23 bits per heavy atom. The number of carboxylic acid groups (broad SMARTS) is 1. The number of aliphatic carboxylic acids is 1. The van der Waals surface area contributed by atoms with E-state index in [1.165, 1.54) is 0 Å². The Morgan fingerprint density at radius 2 is 1.59 bits per heavy atom. The highest BCUT2D eigenvalue weighted by Crippen LogP contribution is 2.13. The second-order valence-corrected chi connectivity index (χ2v) is 5.08. The standard InChI is InChI=1S/C10H22N2O3.C2HF3O2/c1-4-7(2)8(11)9(15)12-10(3,5-13)6-14;3-2(4,5)1(6)7/h7-8,13-14H,4-6,11H2,1-3H3,(H,12,15);(H,6,7)/t7-,8-;/m0./s1. The highest BCUT2D eigenvalue weighted by atomic mass is 19.4. The lowest BCUT2D eigenvalue weighted by Gasteiger charge is -2.29. The number of carbonyl (C=O) groups excluding carboxylic acids is 1. The van der Waals surface area contributed by atoms with Crippen LogP contribution in [0.1, 0.15) is 27.2 Å². The van der Waals surface area contributed by atoms with Crippen molar-refractivity contribution >= 4 is 11.9 Å². The minimum atomic E-state index is -5.08. The maximum absolute atomic E-state index is 11.6. The fourth-order valence-corrected chi connectivity index (χ4v) is 1.02. The van der Waals surface area contributed by atoms with Crippen molar-refractivity contribution in [3.8, 4) is 0 Å². The van der Waals surface area contributed by atoms with Gasteiger partial charge in [0.1, 0.15) is 0 Å². The second-order valence-electron chi connectivity index (χ2n) is 5.08. The molecular weight excluding hydrogens is 309 g/mol. The van der Waals surface area contributed by atoms with Crippen molar-refractivity contribution in [2.24, 2.45) is 11.7 Å². The van der Waals surface area contributed by atoms with Crippen LogP contribution in [0.3, 0.4) is 0 Å². The molecule has 6 N–H and O–H groups in total. The molecule has 0 heterocycles. The predicted octanol–water partition coefficient (Wildman–Crippen LogP) is -0.147. The first kappa shape index (κ1) is 22.9. The highest BCUT2D eigenvalue weighted by Gasteiger charge is 2.38. The van der Waals surface area contributed by atoms with Gasteiger partial charge < -0.3 is 26.4 Å². The normalized spacial score (nSPS) is 14.4. The number of hydrogen-bond donors (Lipinski definition) is 5. The molecule has 0 aromatic rings. The third-order valence-corrected chi connectivity index (χ3v) is 2.93. The van der Waals surface area contributed by atoms with E-state index in [-0.39, 0.29) is 25.0 Å². The first-order chi connectivity index (χ1) is 9.84. The summed E-state index contributed by atoms with van der Waals surface area (Å²) in [5.41, 5.74) is 4.71. The molecule has 0 aliphatic heterocycles. The summed E-state index contributed by atoms with van der Waals surface area (Å²) in [7, 11) is 0. The topological polar surface area (TPSA) is 133 Å². The van der Waals surface area contributed by atoms with Gasteiger partial charge in [0.2, 0.25) is 5.91 Å². The van der Waals surface area contributed by atoms with E-state index in [9.17, 15) is 18.0 Å². The number of aliphatic hydroxyl groups is 2. The molecule has 0 saturated carbocycles. The van der Waals surface area contributed by atoms with Gasteiger partial charge >= 0.3 is 12.1 Å². The molecule has 0 aliphatic carbocycles. The summed E-state index contributed by atoms with van der Waals surface area (Å²) in [6, 6.07) is -0.604. The number of nitrogens with one attached hydrogen (secondary N) is 1. The molecule has 1 amide bonds. The molecule has 0 aromatic heterocycles. The number of rotatable bonds is 6. The van der Waals surface area contributed by atoms with Gasteiger partial charge in [-0.15, -0.1) is 0 Å². The quantitative estimate of drug-likeness (QED) is 0.459. The lowest BCUT2D eigenvalue weighted by molar-refractivity contribution is -0.192. The lowest BCUT2D eigenvalue weighted by Crippen LogP contribution is -2.57. The Labute approximate surface area is 126 Å². The van der Waals surface area contributed by atoms with Crippen molar-refractivity contribution in [1.29, 1.82) is 0 Å². The van der Waals surface area contributed by atoms with Crippen molar-refractivity contribution in [1.82, 2.24) is 5.32 Å². The summed E-state index contributed by atoms with van der Waals surface area (Å²) >= 11 is 0. The van der Waals surface area contributed by atoms with Gasteiger partial charge in [-0.2, -0.15) is 13.2 Å². The van der Waals surface area contributed by atoms with Gasteiger partial charge in [0.25, 0.3) is 0 Å². The summed E-state index contributed by atoms with van der Waals surface area (Å²) in [5.74, 6) is -3.02. The summed E-state index contributed by atoms with van der Waals surface area (Å²) in [6.45, 7) is 4.77. The van der Waals surface area contributed by atoms with E-state index in [2.05, 4.69) is 5.32 Å². The van der Waals surface area contributed by atoms with E-state index >= 15 is 0 Å². The van der Waals surface area contributed by atoms with Crippen LogP contribution in [-0.2, 0) is 9.59 Å². The number of nitrogens with two attached hydrogens (primary N) is 1. The molecule has 0 saturated heterocycles. The maximum atomic E-state index is 11.6. The molecule has 0 aromatic carbocycles. The van der Waals surface area contributed by atoms with Crippen LogP contribution in [0.4, 0.5) is 13.2 Å². The van der Waals surface area contributed by atoms with Crippen LogP contribution >= 0.6 is 0 Å². The van der Waals surface area contributed by atoms with Gasteiger partial charge in [-0.05, 0) is 12.8 Å². The Bertz CT molecular complexity index is 359. The Kier molecular flexibility index (Phi) is 9.98. The lowest BCUT2D eigenvalue weighted by atomic mass is 9.97. The molecule has 132 valence electrons. The van der Waals surface area contributed by atoms with E-state index < -0.39 is 23.7 Å². The van der Waals surface area contributed by atoms with Crippen molar-refractivity contribution in [2.75, 3.05) is 13.2 Å². The number of alkyl halides is 3. The average Bonchev–Trinajstić information content (AvgIpc) is 2.44. The average molecular weight is 332 g/mol. The zero-order valence-electron chi connectivity index (χ0n) is 12.6. The number of halogens is 3. The van der Waals surface area contributed by atoms with E-state index in [0.29, 0.717) is 0 Å². The molecule has 0 bridgehead atoms. The third kappa shape index (κ3) is 8.80. The van der Waals surface area contributed by atoms with Crippen LogP contribution in [0.5, 0.6) is 0 Å². The van der Waals surface area contributed by atoms with E-state index in [1.54, 1.807) is 6.92 Å². The van der Waals surface area contributed by atoms with Gasteiger partial charge in [-0.1, -0.05) is 20.3 Å². The first-order valence-electron chi connectivity index (χ1n) is 6.44. The number of amides is 1. The molecule has 0 radical (unpaired) electrons. The van der Waals surface area contributed by atoms with Crippen LogP contribution < -0.4 is 11.1 Å². The minimum Gasteiger partial charge on any atom is -0.475 e. The number of carbonyl (C=O) groups is 2. The predicted molar refractivity (Wildman–Crippen MR) is 71.8 cm³/mol. The summed E-state index contributed by atoms with van der Waals surface area (Å²) in [6.07, 6.45) is -4.27. The summed E-state index contributed by atoms with van der Waals surface area (Å²) < 4.78 is 31.7. The molecule has 10 heteroatoms. The van der Waals surface area contributed by atoms with Crippen LogP contribution in [0, 0.1) is 5.92 Å². The smallest absolute Gasteiger partial charge is 0.475 e. The number of carboxylic acids is 1. The molecule has 0 fully saturated rings. The Hall–Kier alpha value is -1.39. The van der Waals surface area contributed by atoms with Crippen LogP contribution in [0.25, 0.3) is 0 Å². The molecule has 0 rings (SSSR count). The summed E-state index contributed by atoms with van der Waals surface area (Å²) in [4.78, 5) is 20.5. The molecule has 0 unspecified atom stereocenters. The SMILES string of the molecule is CC[C@H](C)[C@H](N)C(=O)NC(C)(CO)CO.O=C(O)C(F)(F)F. The highest BCUT2D eigenvalue weighted by molar-refractivity contribution is 5.82. The monoisotopic (exact) mass is 332 g/mol. The van der Waals surface area contributed by atoms with Crippen molar-refractivity contribution in [3.05, 3.63) is 0 Å². The molecule has 7 nitrogen and oxygen atoms in total. The molecule has 0 aliphatic rings. The molecule has 22 heavy (non-hydrogen) atoms. The van der Waals surface area contributed by atoms with Crippen molar-refractivity contribution in [3.63, 3.8) is 0 Å². The van der Waals surface area contributed by atoms with Crippen LogP contribution in [-0.4, -0.2) is 58.2 Å². The van der Waals surface area contributed by atoms with Crippen molar-refractivity contribution < 1.29 is 38.1 Å². The van der Waals surface area contributed by atoms with Crippen LogP contribution in [0.15, 0.2) is 0 Å². The minimum absolute atomic E-state index is 0.0756.